The van der Waals surface area contributed by atoms with E-state index in [1.54, 1.807) is 38.1 Å². The van der Waals surface area contributed by atoms with E-state index in [1.165, 1.54) is 0 Å². The van der Waals surface area contributed by atoms with Gasteiger partial charge in [0.25, 0.3) is 0 Å². The second-order valence-electron chi connectivity index (χ2n) is 5.99. The molecule has 0 atom stereocenters. The second kappa shape index (κ2) is 8.14. The van der Waals surface area contributed by atoms with Crippen molar-refractivity contribution < 1.29 is 14.3 Å². The highest BCUT2D eigenvalue weighted by Crippen LogP contribution is 2.34. The Labute approximate surface area is 162 Å². The van der Waals surface area contributed by atoms with Gasteiger partial charge in [-0.2, -0.15) is 5.10 Å². The largest absolute Gasteiger partial charge is 0.493 e. The van der Waals surface area contributed by atoms with Gasteiger partial charge in [0.15, 0.2) is 17.3 Å². The first kappa shape index (κ1) is 18.8. The molecule has 3 aromatic rings. The summed E-state index contributed by atoms with van der Waals surface area (Å²) in [6, 6.07) is 12.8. The summed E-state index contributed by atoms with van der Waals surface area (Å²) in [4.78, 5) is 12.4. The van der Waals surface area contributed by atoms with E-state index in [0.29, 0.717) is 22.3 Å². The molecule has 0 bridgehead atoms. The molecule has 0 aliphatic heterocycles. The molecule has 1 aromatic heterocycles. The van der Waals surface area contributed by atoms with Gasteiger partial charge in [0.1, 0.15) is 0 Å². The Hall–Kier alpha value is -2.99. The standard InChI is InChI=1S/C20H20ClN3O3/c1-24-12-16(14-6-9-17(26-2)18(11-14)27-3)20(23-24)22-19(25)10-13-4-7-15(21)8-5-13/h4-9,11-12H,10H2,1-3H3,(H,22,23,25). The molecule has 0 spiro atoms. The fraction of sp³-hybridized carbons (Fsp3) is 0.200. The summed E-state index contributed by atoms with van der Waals surface area (Å²) >= 11 is 5.88. The van der Waals surface area contributed by atoms with E-state index in [2.05, 4.69) is 10.4 Å². The van der Waals surface area contributed by atoms with Gasteiger partial charge >= 0.3 is 0 Å². The van der Waals surface area contributed by atoms with E-state index in [9.17, 15) is 4.79 Å². The molecule has 1 amide bonds. The van der Waals surface area contributed by atoms with Crippen molar-refractivity contribution in [3.05, 3.63) is 59.2 Å². The molecule has 6 nitrogen and oxygen atoms in total. The van der Waals surface area contributed by atoms with Crippen LogP contribution in [-0.2, 0) is 18.3 Å². The molecule has 0 radical (unpaired) electrons. The molecule has 0 saturated carbocycles. The molecule has 0 saturated heterocycles. The van der Waals surface area contributed by atoms with Crippen LogP contribution in [0.3, 0.4) is 0 Å². The SMILES string of the molecule is COc1ccc(-c2cn(C)nc2NC(=O)Cc2ccc(Cl)cc2)cc1OC. The third-order valence-electron chi connectivity index (χ3n) is 4.06. The smallest absolute Gasteiger partial charge is 0.230 e. The van der Waals surface area contributed by atoms with Crippen LogP contribution in [0, 0.1) is 0 Å². The van der Waals surface area contributed by atoms with Crippen LogP contribution >= 0.6 is 11.6 Å². The first-order valence-corrected chi connectivity index (χ1v) is 8.68. The Balaban J connectivity index is 1.83. The fourth-order valence-corrected chi connectivity index (χ4v) is 2.89. The summed E-state index contributed by atoms with van der Waals surface area (Å²) in [5.74, 6) is 1.58. The lowest BCUT2D eigenvalue weighted by Gasteiger charge is -2.10. The number of aryl methyl sites for hydroxylation is 1. The van der Waals surface area contributed by atoms with Crippen molar-refractivity contribution in [1.82, 2.24) is 9.78 Å². The lowest BCUT2D eigenvalue weighted by Crippen LogP contribution is -2.15. The van der Waals surface area contributed by atoms with Crippen molar-refractivity contribution in [1.29, 1.82) is 0 Å². The molecular weight excluding hydrogens is 366 g/mol. The molecule has 0 aliphatic carbocycles. The number of ether oxygens (including phenoxy) is 2. The average Bonchev–Trinajstić information content (AvgIpc) is 3.03. The highest BCUT2D eigenvalue weighted by Gasteiger charge is 2.15. The van der Waals surface area contributed by atoms with Gasteiger partial charge in [-0.25, -0.2) is 0 Å². The Morgan fingerprint density at radius 3 is 2.48 bits per heavy atom. The molecule has 0 fully saturated rings. The third kappa shape index (κ3) is 4.41. The van der Waals surface area contributed by atoms with Gasteiger partial charge in [0, 0.05) is 23.8 Å². The number of hydrogen-bond donors (Lipinski definition) is 1. The molecule has 27 heavy (non-hydrogen) atoms. The number of hydrogen-bond acceptors (Lipinski definition) is 4. The zero-order chi connectivity index (χ0) is 19.4. The van der Waals surface area contributed by atoms with Crippen LogP contribution in [0.15, 0.2) is 48.7 Å². The van der Waals surface area contributed by atoms with Gasteiger partial charge in [0.05, 0.1) is 20.6 Å². The number of methoxy groups -OCH3 is 2. The molecule has 0 aliphatic rings. The van der Waals surface area contributed by atoms with Gasteiger partial charge in [-0.15, -0.1) is 0 Å². The van der Waals surface area contributed by atoms with Crippen LogP contribution in [0.25, 0.3) is 11.1 Å². The molecule has 1 N–H and O–H groups in total. The molecule has 0 unspecified atom stereocenters. The molecule has 1 heterocycles. The minimum atomic E-state index is -0.155. The van der Waals surface area contributed by atoms with E-state index in [4.69, 9.17) is 21.1 Å². The summed E-state index contributed by atoms with van der Waals surface area (Å²) in [5.41, 5.74) is 2.53. The Kier molecular flexibility index (Phi) is 5.66. The summed E-state index contributed by atoms with van der Waals surface area (Å²) in [6.07, 6.45) is 2.08. The van der Waals surface area contributed by atoms with Gasteiger partial charge in [0.2, 0.25) is 5.91 Å². The van der Waals surface area contributed by atoms with E-state index in [-0.39, 0.29) is 12.3 Å². The van der Waals surface area contributed by atoms with Crippen molar-refractivity contribution >= 4 is 23.3 Å². The number of nitrogens with zero attached hydrogens (tertiary/aromatic N) is 2. The van der Waals surface area contributed by atoms with Gasteiger partial charge < -0.3 is 14.8 Å². The van der Waals surface area contributed by atoms with E-state index in [0.717, 1.165) is 16.7 Å². The summed E-state index contributed by atoms with van der Waals surface area (Å²) in [6.45, 7) is 0. The number of halogens is 1. The van der Waals surface area contributed by atoms with Crippen LogP contribution in [-0.4, -0.2) is 29.9 Å². The molecule has 7 heteroatoms. The van der Waals surface area contributed by atoms with Crippen molar-refractivity contribution in [2.45, 2.75) is 6.42 Å². The van der Waals surface area contributed by atoms with Gasteiger partial charge in [-0.1, -0.05) is 29.8 Å². The van der Waals surface area contributed by atoms with Crippen LogP contribution in [0.1, 0.15) is 5.56 Å². The maximum Gasteiger partial charge on any atom is 0.230 e. The van der Waals surface area contributed by atoms with Crippen LogP contribution < -0.4 is 14.8 Å². The zero-order valence-corrected chi connectivity index (χ0v) is 16.1. The Bertz CT molecular complexity index is 952. The first-order valence-electron chi connectivity index (χ1n) is 8.30. The Morgan fingerprint density at radius 2 is 1.81 bits per heavy atom. The first-order chi connectivity index (χ1) is 13.0. The normalized spacial score (nSPS) is 10.5. The number of anilines is 1. The van der Waals surface area contributed by atoms with Crippen molar-refractivity contribution in [2.75, 3.05) is 19.5 Å². The maximum atomic E-state index is 12.4. The number of rotatable bonds is 6. The number of amides is 1. The number of carbonyl (C=O) groups excluding carboxylic acids is 1. The lowest BCUT2D eigenvalue weighted by molar-refractivity contribution is -0.115. The minimum absolute atomic E-state index is 0.155. The van der Waals surface area contributed by atoms with Crippen LogP contribution in [0.4, 0.5) is 5.82 Å². The third-order valence-corrected chi connectivity index (χ3v) is 4.31. The van der Waals surface area contributed by atoms with Crippen molar-refractivity contribution in [2.24, 2.45) is 7.05 Å². The maximum absolute atomic E-state index is 12.4. The van der Waals surface area contributed by atoms with Crippen molar-refractivity contribution in [3.63, 3.8) is 0 Å². The Morgan fingerprint density at radius 1 is 1.11 bits per heavy atom. The highest BCUT2D eigenvalue weighted by molar-refractivity contribution is 6.30. The predicted octanol–water partition coefficient (Wildman–Crippen LogP) is 3.94. The second-order valence-corrected chi connectivity index (χ2v) is 6.42. The number of aromatic nitrogens is 2. The molecular formula is C20H20ClN3O3. The molecule has 140 valence electrons. The minimum Gasteiger partial charge on any atom is -0.493 e. The van der Waals surface area contributed by atoms with Gasteiger partial charge in [-0.3, -0.25) is 9.48 Å². The van der Waals surface area contributed by atoms with E-state index < -0.39 is 0 Å². The van der Waals surface area contributed by atoms with E-state index in [1.807, 2.05) is 36.5 Å². The van der Waals surface area contributed by atoms with Gasteiger partial charge in [-0.05, 0) is 35.4 Å². The number of nitrogens with one attached hydrogen (secondary N) is 1. The number of benzene rings is 2. The average molecular weight is 386 g/mol. The lowest BCUT2D eigenvalue weighted by atomic mass is 10.1. The monoisotopic (exact) mass is 385 g/mol. The van der Waals surface area contributed by atoms with Crippen LogP contribution in [0.2, 0.25) is 5.02 Å². The summed E-state index contributed by atoms with van der Waals surface area (Å²) in [7, 11) is 4.98. The quantitative estimate of drug-likeness (QED) is 0.698. The van der Waals surface area contributed by atoms with Crippen molar-refractivity contribution in [3.8, 4) is 22.6 Å². The molecule has 2 aromatic carbocycles. The predicted molar refractivity (Wildman–Crippen MR) is 106 cm³/mol. The number of carbonyl (C=O) groups is 1. The summed E-state index contributed by atoms with van der Waals surface area (Å²) < 4.78 is 12.3. The molecule has 3 rings (SSSR count). The van der Waals surface area contributed by atoms with Crippen LogP contribution in [0.5, 0.6) is 11.5 Å². The topological polar surface area (TPSA) is 65.4 Å². The fourth-order valence-electron chi connectivity index (χ4n) is 2.76. The zero-order valence-electron chi connectivity index (χ0n) is 15.3. The van der Waals surface area contributed by atoms with E-state index >= 15 is 0 Å². The highest BCUT2D eigenvalue weighted by atomic mass is 35.5. The summed E-state index contributed by atoms with van der Waals surface area (Å²) in [5, 5.41) is 7.89.